The standard InChI is InChI=1S/C6H10NO.3CH3.Sn/c1-2-7-5-3-4-6(7)8;;;;/h1-5H2;3*1H3;. The van der Waals surface area contributed by atoms with E-state index in [0.29, 0.717) is 5.91 Å². The molecule has 1 rings (SSSR count). The second kappa shape index (κ2) is 3.98. The van der Waals surface area contributed by atoms with Crippen molar-refractivity contribution in [1.29, 1.82) is 0 Å². The minimum absolute atomic E-state index is 0.380. The zero-order valence-electron chi connectivity index (χ0n) is 8.39. The Morgan fingerprint density at radius 1 is 1.42 bits per heavy atom. The molecule has 0 aromatic carbocycles. The molecule has 1 amide bonds. The number of hydrogen-bond donors (Lipinski definition) is 0. The zero-order valence-corrected chi connectivity index (χ0v) is 11.2. The molecule has 0 spiro atoms. The van der Waals surface area contributed by atoms with Gasteiger partial charge in [0.25, 0.3) is 0 Å². The number of rotatable bonds is 3. The molecule has 2 nitrogen and oxygen atoms in total. The molecule has 0 aromatic heterocycles. The fourth-order valence-electron chi connectivity index (χ4n) is 1.41. The third-order valence-electron chi connectivity index (χ3n) is 2.30. The summed E-state index contributed by atoms with van der Waals surface area (Å²) in [6.45, 7) is 2.05. The molecule has 1 fully saturated rings. The van der Waals surface area contributed by atoms with Crippen molar-refractivity contribution in [2.45, 2.75) is 32.1 Å². The quantitative estimate of drug-likeness (QED) is 0.721. The van der Waals surface area contributed by atoms with Gasteiger partial charge in [-0.05, 0) is 0 Å². The van der Waals surface area contributed by atoms with E-state index in [4.69, 9.17) is 0 Å². The molecule has 0 saturated carbocycles. The molecular formula is C9H19NOSn. The maximum absolute atomic E-state index is 11.2. The SMILES string of the molecule is [CH3][Sn]([CH3])([CH3])[CH2]CN1CCCC1=O. The van der Waals surface area contributed by atoms with Crippen molar-refractivity contribution in [3.05, 3.63) is 0 Å². The molecule has 0 radical (unpaired) electrons. The van der Waals surface area contributed by atoms with E-state index < -0.39 is 18.4 Å². The Labute approximate surface area is 79.2 Å². The monoisotopic (exact) mass is 277 g/mol. The fourth-order valence-corrected chi connectivity index (χ4v) is 4.10. The topological polar surface area (TPSA) is 20.3 Å². The molecular weight excluding hydrogens is 257 g/mol. The molecule has 1 heterocycles. The first-order valence-corrected chi connectivity index (χ1v) is 15.3. The van der Waals surface area contributed by atoms with Gasteiger partial charge >= 0.3 is 79.2 Å². The molecule has 0 aromatic rings. The summed E-state index contributed by atoms with van der Waals surface area (Å²) in [6.07, 6.45) is 1.87. The second-order valence-corrected chi connectivity index (χ2v) is 20.8. The van der Waals surface area contributed by atoms with Crippen molar-refractivity contribution in [2.75, 3.05) is 13.1 Å². The third-order valence-corrected chi connectivity index (χ3v) is 7.22. The summed E-state index contributed by atoms with van der Waals surface area (Å²) in [5.74, 6) is 0.380. The first-order chi connectivity index (χ1) is 5.49. The van der Waals surface area contributed by atoms with Crippen LogP contribution in [-0.2, 0) is 4.79 Å². The summed E-state index contributed by atoms with van der Waals surface area (Å²) in [5, 5.41) is 0. The number of hydrogen-bond acceptors (Lipinski definition) is 1. The van der Waals surface area contributed by atoms with Gasteiger partial charge in [0.2, 0.25) is 0 Å². The molecule has 0 N–H and O–H groups in total. The van der Waals surface area contributed by atoms with Crippen LogP contribution < -0.4 is 0 Å². The minimum atomic E-state index is -1.61. The van der Waals surface area contributed by atoms with Gasteiger partial charge in [-0.1, -0.05) is 0 Å². The van der Waals surface area contributed by atoms with Crippen molar-refractivity contribution >= 4 is 24.3 Å². The molecule has 1 saturated heterocycles. The van der Waals surface area contributed by atoms with Crippen molar-refractivity contribution in [3.8, 4) is 0 Å². The summed E-state index contributed by atoms with van der Waals surface area (Å²) in [6, 6.07) is 0. The normalized spacial score (nSPS) is 18.9. The van der Waals surface area contributed by atoms with E-state index in [1.807, 2.05) is 4.90 Å². The summed E-state index contributed by atoms with van der Waals surface area (Å²) in [5.41, 5.74) is 0. The van der Waals surface area contributed by atoms with Gasteiger partial charge in [-0.15, -0.1) is 0 Å². The predicted octanol–water partition coefficient (Wildman–Crippen LogP) is 1.95. The zero-order chi connectivity index (χ0) is 9.19. The number of amides is 1. The second-order valence-electron chi connectivity index (χ2n) is 4.80. The molecule has 70 valence electrons. The van der Waals surface area contributed by atoms with Gasteiger partial charge < -0.3 is 0 Å². The first kappa shape index (κ1) is 10.4. The fraction of sp³-hybridized carbons (Fsp3) is 0.889. The van der Waals surface area contributed by atoms with Gasteiger partial charge in [0.15, 0.2) is 0 Å². The van der Waals surface area contributed by atoms with Crippen LogP contribution in [0.1, 0.15) is 12.8 Å². The average molecular weight is 276 g/mol. The summed E-state index contributed by atoms with van der Waals surface area (Å²) >= 11 is -1.61. The first-order valence-electron chi connectivity index (χ1n) is 4.77. The number of carbonyl (C=O) groups excluding carboxylic acids is 1. The van der Waals surface area contributed by atoms with Crippen LogP contribution in [0.15, 0.2) is 0 Å². The van der Waals surface area contributed by atoms with Crippen LogP contribution in [0.2, 0.25) is 19.3 Å². The Kier molecular flexibility index (Phi) is 3.44. The average Bonchev–Trinajstić information content (AvgIpc) is 2.29. The number of nitrogens with zero attached hydrogens (tertiary/aromatic N) is 1. The van der Waals surface area contributed by atoms with Crippen LogP contribution in [0.3, 0.4) is 0 Å². The Morgan fingerprint density at radius 2 is 2.08 bits per heavy atom. The number of carbonyl (C=O) groups is 1. The molecule has 1 aliphatic heterocycles. The van der Waals surface area contributed by atoms with E-state index in [9.17, 15) is 4.79 Å². The summed E-state index contributed by atoms with van der Waals surface area (Å²) in [7, 11) is 0. The molecule has 0 unspecified atom stereocenters. The molecule has 1 aliphatic rings. The third kappa shape index (κ3) is 3.33. The summed E-state index contributed by atoms with van der Waals surface area (Å²) in [4.78, 5) is 20.6. The predicted molar refractivity (Wildman–Crippen MR) is 54.0 cm³/mol. The van der Waals surface area contributed by atoms with Gasteiger partial charge in [-0.25, -0.2) is 0 Å². The van der Waals surface area contributed by atoms with E-state index >= 15 is 0 Å². The maximum atomic E-state index is 11.2. The molecule has 0 bridgehead atoms. The van der Waals surface area contributed by atoms with Crippen LogP contribution in [-0.4, -0.2) is 42.3 Å². The number of likely N-dealkylation sites (tertiary alicyclic amines) is 1. The van der Waals surface area contributed by atoms with Gasteiger partial charge in [0.05, 0.1) is 0 Å². The van der Waals surface area contributed by atoms with Gasteiger partial charge in [0.1, 0.15) is 0 Å². The van der Waals surface area contributed by atoms with Crippen LogP contribution >= 0.6 is 0 Å². The Bertz CT molecular complexity index is 174. The van der Waals surface area contributed by atoms with Crippen LogP contribution in [0.5, 0.6) is 0 Å². The van der Waals surface area contributed by atoms with E-state index in [0.717, 1.165) is 25.9 Å². The summed E-state index contributed by atoms with van der Waals surface area (Å²) < 4.78 is 1.32. The Balaban J connectivity index is 2.27. The van der Waals surface area contributed by atoms with E-state index in [2.05, 4.69) is 14.8 Å². The van der Waals surface area contributed by atoms with E-state index in [1.54, 1.807) is 0 Å². The van der Waals surface area contributed by atoms with Crippen LogP contribution in [0.25, 0.3) is 0 Å². The van der Waals surface area contributed by atoms with E-state index in [1.165, 1.54) is 4.44 Å². The molecule has 12 heavy (non-hydrogen) atoms. The van der Waals surface area contributed by atoms with E-state index in [-0.39, 0.29) is 0 Å². The molecule has 0 atom stereocenters. The van der Waals surface area contributed by atoms with Crippen molar-refractivity contribution in [1.82, 2.24) is 4.90 Å². The Morgan fingerprint density at radius 3 is 2.50 bits per heavy atom. The van der Waals surface area contributed by atoms with Gasteiger partial charge in [0, 0.05) is 0 Å². The van der Waals surface area contributed by atoms with Crippen molar-refractivity contribution in [2.24, 2.45) is 0 Å². The van der Waals surface area contributed by atoms with Crippen molar-refractivity contribution < 1.29 is 4.79 Å². The van der Waals surface area contributed by atoms with Crippen molar-refractivity contribution in [3.63, 3.8) is 0 Å². The van der Waals surface area contributed by atoms with Gasteiger partial charge in [-0.2, -0.15) is 0 Å². The van der Waals surface area contributed by atoms with Crippen LogP contribution in [0.4, 0.5) is 0 Å². The molecule has 0 aliphatic carbocycles. The van der Waals surface area contributed by atoms with Gasteiger partial charge in [-0.3, -0.25) is 0 Å². The molecule has 3 heteroatoms. The van der Waals surface area contributed by atoms with Crippen LogP contribution in [0, 0.1) is 0 Å². The Hall–Kier alpha value is 0.269.